The maximum Gasteiger partial charge on any atom is 0.219 e. The second-order valence-corrected chi connectivity index (χ2v) is 4.83. The van der Waals surface area contributed by atoms with Crippen molar-refractivity contribution in [3.63, 3.8) is 0 Å². The number of primary amides is 1. The van der Waals surface area contributed by atoms with Gasteiger partial charge in [0.15, 0.2) is 0 Å². The lowest BCUT2D eigenvalue weighted by Crippen LogP contribution is -2.44. The first-order valence-electron chi connectivity index (χ1n) is 5.67. The summed E-state index contributed by atoms with van der Waals surface area (Å²) in [4.78, 5) is 10.8. The van der Waals surface area contributed by atoms with E-state index in [0.29, 0.717) is 6.54 Å². The van der Waals surface area contributed by atoms with Crippen LogP contribution in [0.2, 0.25) is 0 Å². The SMILES string of the molecule is CC(C)(CC(N)=O)NCC(O)c1ccccc1. The van der Waals surface area contributed by atoms with E-state index in [-0.39, 0.29) is 12.3 Å². The zero-order valence-corrected chi connectivity index (χ0v) is 10.3. The van der Waals surface area contributed by atoms with E-state index in [1.54, 1.807) is 0 Å². The standard InChI is InChI=1S/C13H20N2O2/c1-13(2,8-12(14)17)15-9-11(16)10-6-4-3-5-7-10/h3-7,11,15-16H,8-9H2,1-2H3,(H2,14,17). The Bertz CT molecular complexity index is 363. The molecule has 4 heteroatoms. The van der Waals surface area contributed by atoms with Crippen molar-refractivity contribution in [2.24, 2.45) is 5.73 Å². The first-order valence-corrected chi connectivity index (χ1v) is 5.67. The molecule has 1 aromatic carbocycles. The summed E-state index contributed by atoms with van der Waals surface area (Å²) in [5, 5.41) is 13.1. The van der Waals surface area contributed by atoms with Gasteiger partial charge in [-0.3, -0.25) is 4.79 Å². The highest BCUT2D eigenvalue weighted by molar-refractivity contribution is 5.74. The van der Waals surface area contributed by atoms with Crippen molar-refractivity contribution in [2.45, 2.75) is 31.9 Å². The van der Waals surface area contributed by atoms with Crippen molar-refractivity contribution in [3.05, 3.63) is 35.9 Å². The third-order valence-electron chi connectivity index (χ3n) is 2.57. The first-order chi connectivity index (χ1) is 7.91. The molecule has 4 nitrogen and oxygen atoms in total. The van der Waals surface area contributed by atoms with Gasteiger partial charge < -0.3 is 16.2 Å². The molecule has 0 saturated heterocycles. The Morgan fingerprint density at radius 1 is 1.41 bits per heavy atom. The van der Waals surface area contributed by atoms with Crippen LogP contribution in [-0.2, 0) is 4.79 Å². The van der Waals surface area contributed by atoms with Gasteiger partial charge in [-0.25, -0.2) is 0 Å². The van der Waals surface area contributed by atoms with Crippen molar-refractivity contribution in [2.75, 3.05) is 6.54 Å². The number of carbonyl (C=O) groups is 1. The van der Waals surface area contributed by atoms with E-state index in [4.69, 9.17) is 5.73 Å². The van der Waals surface area contributed by atoms with Crippen LogP contribution in [0.3, 0.4) is 0 Å². The normalized spacial score (nSPS) is 13.4. The summed E-state index contributed by atoms with van der Waals surface area (Å²) in [6.45, 7) is 4.16. The van der Waals surface area contributed by atoms with Gasteiger partial charge in [-0.05, 0) is 19.4 Å². The number of β-amino-alcohol motifs (C(OH)–C–C–N with tert-alkyl or cyclic N) is 1. The minimum Gasteiger partial charge on any atom is -0.387 e. The number of aliphatic hydroxyl groups excluding tert-OH is 1. The van der Waals surface area contributed by atoms with Crippen LogP contribution in [0.5, 0.6) is 0 Å². The highest BCUT2D eigenvalue weighted by Gasteiger charge is 2.21. The van der Waals surface area contributed by atoms with Crippen molar-refractivity contribution < 1.29 is 9.90 Å². The second kappa shape index (κ2) is 5.80. The molecule has 94 valence electrons. The largest absolute Gasteiger partial charge is 0.387 e. The maximum atomic E-state index is 10.8. The van der Waals surface area contributed by atoms with Crippen LogP contribution in [0.25, 0.3) is 0 Å². The van der Waals surface area contributed by atoms with Gasteiger partial charge in [-0.1, -0.05) is 30.3 Å². The minimum atomic E-state index is -0.580. The summed E-state index contributed by atoms with van der Waals surface area (Å²) >= 11 is 0. The van der Waals surface area contributed by atoms with Crippen LogP contribution in [0, 0.1) is 0 Å². The topological polar surface area (TPSA) is 75.4 Å². The molecule has 1 atom stereocenters. The molecule has 1 rings (SSSR count). The molecule has 4 N–H and O–H groups in total. The Morgan fingerprint density at radius 2 is 2.00 bits per heavy atom. The highest BCUT2D eigenvalue weighted by Crippen LogP contribution is 2.14. The number of nitrogens with one attached hydrogen (secondary N) is 1. The van der Waals surface area contributed by atoms with Gasteiger partial charge in [0.05, 0.1) is 6.10 Å². The average molecular weight is 236 g/mol. The molecule has 0 fully saturated rings. The van der Waals surface area contributed by atoms with Crippen LogP contribution in [0.4, 0.5) is 0 Å². The van der Waals surface area contributed by atoms with E-state index >= 15 is 0 Å². The molecule has 0 radical (unpaired) electrons. The first kappa shape index (κ1) is 13.7. The number of hydrogen-bond donors (Lipinski definition) is 3. The third-order valence-corrected chi connectivity index (χ3v) is 2.57. The Balaban J connectivity index is 2.48. The van der Waals surface area contributed by atoms with E-state index in [1.165, 1.54) is 0 Å². The number of amides is 1. The lowest BCUT2D eigenvalue weighted by atomic mass is 9.99. The van der Waals surface area contributed by atoms with E-state index < -0.39 is 11.6 Å². The summed E-state index contributed by atoms with van der Waals surface area (Å²) in [5.74, 6) is -0.350. The predicted octanol–water partition coefficient (Wildman–Crippen LogP) is 0.964. The average Bonchev–Trinajstić information content (AvgIpc) is 2.25. The number of benzene rings is 1. The zero-order chi connectivity index (χ0) is 12.9. The lowest BCUT2D eigenvalue weighted by molar-refractivity contribution is -0.119. The number of aliphatic hydroxyl groups is 1. The molecule has 1 amide bonds. The quantitative estimate of drug-likeness (QED) is 0.688. The van der Waals surface area contributed by atoms with Crippen LogP contribution in [0.1, 0.15) is 31.9 Å². The Labute approximate surface area is 102 Å². The van der Waals surface area contributed by atoms with Crippen molar-refractivity contribution in [3.8, 4) is 0 Å². The predicted molar refractivity (Wildman–Crippen MR) is 67.3 cm³/mol. The fourth-order valence-corrected chi connectivity index (χ4v) is 1.66. The molecular weight excluding hydrogens is 216 g/mol. The molecule has 0 aliphatic rings. The fraction of sp³-hybridized carbons (Fsp3) is 0.462. The smallest absolute Gasteiger partial charge is 0.219 e. The molecule has 0 aliphatic heterocycles. The summed E-state index contributed by atoms with van der Waals surface area (Å²) < 4.78 is 0. The number of hydrogen-bond acceptors (Lipinski definition) is 3. The Kier molecular flexibility index (Phi) is 4.66. The van der Waals surface area contributed by atoms with E-state index in [9.17, 15) is 9.90 Å². The molecule has 0 saturated carbocycles. The van der Waals surface area contributed by atoms with Crippen LogP contribution in [-0.4, -0.2) is 23.1 Å². The number of carbonyl (C=O) groups excluding carboxylic acids is 1. The summed E-state index contributed by atoms with van der Waals surface area (Å²) in [6, 6.07) is 9.40. The van der Waals surface area contributed by atoms with Crippen molar-refractivity contribution in [1.29, 1.82) is 0 Å². The van der Waals surface area contributed by atoms with E-state index in [0.717, 1.165) is 5.56 Å². The van der Waals surface area contributed by atoms with Gasteiger partial charge in [0.25, 0.3) is 0 Å². The molecule has 1 aromatic rings. The monoisotopic (exact) mass is 236 g/mol. The Hall–Kier alpha value is -1.39. The summed E-state index contributed by atoms with van der Waals surface area (Å²) in [5.41, 5.74) is 5.61. The van der Waals surface area contributed by atoms with Gasteiger partial charge in [-0.2, -0.15) is 0 Å². The van der Waals surface area contributed by atoms with Gasteiger partial charge in [-0.15, -0.1) is 0 Å². The van der Waals surface area contributed by atoms with Crippen LogP contribution < -0.4 is 11.1 Å². The van der Waals surface area contributed by atoms with Crippen molar-refractivity contribution in [1.82, 2.24) is 5.32 Å². The van der Waals surface area contributed by atoms with E-state index in [1.807, 2.05) is 44.2 Å². The minimum absolute atomic E-state index is 0.245. The van der Waals surface area contributed by atoms with E-state index in [2.05, 4.69) is 5.32 Å². The fourth-order valence-electron chi connectivity index (χ4n) is 1.66. The lowest BCUT2D eigenvalue weighted by Gasteiger charge is -2.26. The molecule has 0 aliphatic carbocycles. The van der Waals surface area contributed by atoms with Crippen LogP contribution in [0.15, 0.2) is 30.3 Å². The molecule has 0 bridgehead atoms. The Morgan fingerprint density at radius 3 is 2.53 bits per heavy atom. The van der Waals surface area contributed by atoms with Gasteiger partial charge in [0.1, 0.15) is 0 Å². The number of nitrogens with two attached hydrogens (primary N) is 1. The molecule has 1 unspecified atom stereocenters. The third kappa shape index (κ3) is 4.97. The van der Waals surface area contributed by atoms with Gasteiger partial charge in [0.2, 0.25) is 5.91 Å². The molecule has 0 aromatic heterocycles. The second-order valence-electron chi connectivity index (χ2n) is 4.83. The molecular formula is C13H20N2O2. The highest BCUT2D eigenvalue weighted by atomic mass is 16.3. The van der Waals surface area contributed by atoms with Gasteiger partial charge in [0, 0.05) is 18.5 Å². The van der Waals surface area contributed by atoms with Gasteiger partial charge >= 0.3 is 0 Å². The maximum absolute atomic E-state index is 10.8. The summed E-state index contributed by atoms with van der Waals surface area (Å²) in [6.07, 6.45) is -0.336. The molecule has 0 spiro atoms. The molecule has 0 heterocycles. The van der Waals surface area contributed by atoms with Crippen LogP contribution >= 0.6 is 0 Å². The zero-order valence-electron chi connectivity index (χ0n) is 10.3. The van der Waals surface area contributed by atoms with Crippen molar-refractivity contribution >= 4 is 5.91 Å². The number of rotatable bonds is 6. The summed E-state index contributed by atoms with van der Waals surface area (Å²) in [7, 11) is 0. The molecule has 17 heavy (non-hydrogen) atoms.